The van der Waals surface area contributed by atoms with Gasteiger partial charge in [-0.3, -0.25) is 14.5 Å². The highest BCUT2D eigenvalue weighted by Gasteiger charge is 2.38. The maximum Gasteiger partial charge on any atom is 0.228 e. The minimum atomic E-state index is 0.0244. The summed E-state index contributed by atoms with van der Waals surface area (Å²) in [6.07, 6.45) is 6.85. The Labute approximate surface area is 160 Å². The summed E-state index contributed by atoms with van der Waals surface area (Å²) >= 11 is 0. The van der Waals surface area contributed by atoms with Crippen LogP contribution < -0.4 is 10.6 Å². The molecule has 6 nitrogen and oxygen atoms in total. The number of anilines is 1. The Hall–Kier alpha value is -1.92. The van der Waals surface area contributed by atoms with E-state index in [0.717, 1.165) is 56.0 Å². The number of benzene rings is 1. The van der Waals surface area contributed by atoms with Crippen molar-refractivity contribution in [2.75, 3.05) is 38.2 Å². The first-order chi connectivity index (χ1) is 13.1. The number of nitrogens with zero attached hydrogens (tertiary/aromatic N) is 1. The fraction of sp³-hybridized carbons (Fsp3) is 0.619. The summed E-state index contributed by atoms with van der Waals surface area (Å²) in [5.41, 5.74) is 2.89. The number of amides is 2. The van der Waals surface area contributed by atoms with Gasteiger partial charge in [0, 0.05) is 30.9 Å². The molecule has 1 aromatic carbocycles. The molecule has 0 bridgehead atoms. The van der Waals surface area contributed by atoms with Gasteiger partial charge < -0.3 is 15.4 Å². The Bertz CT molecular complexity index is 707. The molecule has 27 heavy (non-hydrogen) atoms. The number of rotatable bonds is 5. The molecule has 3 aliphatic rings. The third kappa shape index (κ3) is 4.17. The van der Waals surface area contributed by atoms with Crippen molar-refractivity contribution in [3.63, 3.8) is 0 Å². The van der Waals surface area contributed by atoms with E-state index >= 15 is 0 Å². The van der Waals surface area contributed by atoms with Gasteiger partial charge in [-0.05, 0) is 30.0 Å². The van der Waals surface area contributed by atoms with E-state index in [9.17, 15) is 9.59 Å². The number of ether oxygens (including phenoxy) is 1. The van der Waals surface area contributed by atoms with Gasteiger partial charge in [0.15, 0.2) is 0 Å². The van der Waals surface area contributed by atoms with E-state index in [0.29, 0.717) is 19.4 Å². The molecule has 0 radical (unpaired) electrons. The van der Waals surface area contributed by atoms with Crippen molar-refractivity contribution in [3.8, 4) is 0 Å². The van der Waals surface area contributed by atoms with E-state index in [1.165, 1.54) is 19.3 Å². The lowest BCUT2D eigenvalue weighted by atomic mass is 9.79. The summed E-state index contributed by atoms with van der Waals surface area (Å²) in [7, 11) is 0. The van der Waals surface area contributed by atoms with Crippen molar-refractivity contribution < 1.29 is 14.3 Å². The zero-order valence-corrected chi connectivity index (χ0v) is 15.9. The highest BCUT2D eigenvalue weighted by atomic mass is 16.5. The SMILES string of the molecule is O=C(Cc1ccc2c(c1)NC(=O)C2)NCC1(N2CCOCC2)CCCCC1. The molecule has 2 N–H and O–H groups in total. The largest absolute Gasteiger partial charge is 0.379 e. The summed E-state index contributed by atoms with van der Waals surface area (Å²) in [5.74, 6) is 0.0776. The van der Waals surface area contributed by atoms with Crippen LogP contribution in [0.2, 0.25) is 0 Å². The predicted octanol–water partition coefficient (Wildman–Crippen LogP) is 1.87. The third-order valence-electron chi connectivity index (χ3n) is 6.24. The molecule has 4 rings (SSSR count). The lowest BCUT2D eigenvalue weighted by molar-refractivity contribution is -0.121. The highest BCUT2D eigenvalue weighted by molar-refractivity contribution is 5.99. The highest BCUT2D eigenvalue weighted by Crippen LogP contribution is 2.34. The normalized spacial score (nSPS) is 22.1. The van der Waals surface area contributed by atoms with Gasteiger partial charge in [0.05, 0.1) is 26.1 Å². The Morgan fingerprint density at radius 3 is 2.74 bits per heavy atom. The van der Waals surface area contributed by atoms with E-state index < -0.39 is 0 Å². The lowest BCUT2D eigenvalue weighted by Crippen LogP contribution is -2.59. The molecule has 146 valence electrons. The van der Waals surface area contributed by atoms with Crippen molar-refractivity contribution in [1.29, 1.82) is 0 Å². The van der Waals surface area contributed by atoms with Crippen LogP contribution in [0.15, 0.2) is 18.2 Å². The topological polar surface area (TPSA) is 70.7 Å². The minimum Gasteiger partial charge on any atom is -0.379 e. The molecular formula is C21H29N3O3. The van der Waals surface area contributed by atoms with Gasteiger partial charge in [-0.15, -0.1) is 0 Å². The summed E-state index contributed by atoms with van der Waals surface area (Å²) in [5, 5.41) is 6.06. The monoisotopic (exact) mass is 371 g/mol. The molecule has 2 amide bonds. The van der Waals surface area contributed by atoms with Crippen molar-refractivity contribution >= 4 is 17.5 Å². The maximum absolute atomic E-state index is 12.6. The number of hydrogen-bond donors (Lipinski definition) is 2. The van der Waals surface area contributed by atoms with Gasteiger partial charge in [0.1, 0.15) is 0 Å². The van der Waals surface area contributed by atoms with Gasteiger partial charge in [-0.25, -0.2) is 0 Å². The molecule has 2 aliphatic heterocycles. The standard InChI is InChI=1S/C21H29N3O3/c25-19(13-16-4-5-17-14-20(26)23-18(17)12-16)22-15-21(6-2-1-3-7-21)24-8-10-27-11-9-24/h4-5,12H,1-3,6-11,13-15H2,(H,22,25)(H,23,26). The predicted molar refractivity (Wildman–Crippen MR) is 104 cm³/mol. The van der Waals surface area contributed by atoms with E-state index in [4.69, 9.17) is 4.74 Å². The second-order valence-corrected chi connectivity index (χ2v) is 8.05. The van der Waals surface area contributed by atoms with Crippen LogP contribution in [0.4, 0.5) is 5.69 Å². The maximum atomic E-state index is 12.6. The summed E-state index contributed by atoms with van der Waals surface area (Å²) < 4.78 is 5.53. The van der Waals surface area contributed by atoms with Gasteiger partial charge in [0.2, 0.25) is 11.8 Å². The first-order valence-corrected chi connectivity index (χ1v) is 10.2. The third-order valence-corrected chi connectivity index (χ3v) is 6.24. The van der Waals surface area contributed by atoms with E-state index in [1.807, 2.05) is 18.2 Å². The van der Waals surface area contributed by atoms with Crippen LogP contribution in [0.25, 0.3) is 0 Å². The summed E-state index contributed by atoms with van der Waals surface area (Å²) in [4.78, 5) is 26.6. The van der Waals surface area contributed by atoms with Crippen LogP contribution in [0.1, 0.15) is 43.2 Å². The van der Waals surface area contributed by atoms with E-state index in [2.05, 4.69) is 15.5 Å². The second kappa shape index (κ2) is 7.98. The molecular weight excluding hydrogens is 342 g/mol. The van der Waals surface area contributed by atoms with Gasteiger partial charge in [0.25, 0.3) is 0 Å². The number of fused-ring (bicyclic) bond motifs is 1. The Morgan fingerprint density at radius 2 is 1.96 bits per heavy atom. The number of morpholine rings is 1. The number of carbonyl (C=O) groups is 2. The summed E-state index contributed by atoms with van der Waals surface area (Å²) in [6, 6.07) is 5.83. The summed E-state index contributed by atoms with van der Waals surface area (Å²) in [6.45, 7) is 4.21. The molecule has 0 unspecified atom stereocenters. The van der Waals surface area contributed by atoms with Crippen LogP contribution in [0.3, 0.4) is 0 Å². The van der Waals surface area contributed by atoms with Gasteiger partial charge in [-0.2, -0.15) is 0 Å². The molecule has 1 aliphatic carbocycles. The van der Waals surface area contributed by atoms with Crippen LogP contribution in [0, 0.1) is 0 Å². The Balaban J connectivity index is 1.37. The van der Waals surface area contributed by atoms with Crippen molar-refractivity contribution in [2.45, 2.75) is 50.5 Å². The average Bonchev–Trinajstić information content (AvgIpc) is 3.07. The zero-order valence-electron chi connectivity index (χ0n) is 15.9. The molecule has 2 fully saturated rings. The average molecular weight is 371 g/mol. The molecule has 2 heterocycles. The zero-order chi connectivity index (χ0) is 18.7. The lowest BCUT2D eigenvalue weighted by Gasteiger charge is -2.48. The van der Waals surface area contributed by atoms with Crippen LogP contribution in [0.5, 0.6) is 0 Å². The van der Waals surface area contributed by atoms with Crippen LogP contribution in [-0.2, 0) is 27.2 Å². The molecule has 0 aromatic heterocycles. The Kier molecular flexibility index (Phi) is 5.45. The van der Waals surface area contributed by atoms with Gasteiger partial charge in [-0.1, -0.05) is 31.4 Å². The fourth-order valence-electron chi connectivity index (χ4n) is 4.73. The number of hydrogen-bond acceptors (Lipinski definition) is 4. The quantitative estimate of drug-likeness (QED) is 0.829. The fourth-order valence-corrected chi connectivity index (χ4v) is 4.73. The second-order valence-electron chi connectivity index (χ2n) is 8.05. The molecule has 6 heteroatoms. The van der Waals surface area contributed by atoms with Crippen molar-refractivity contribution in [2.24, 2.45) is 0 Å². The van der Waals surface area contributed by atoms with Crippen molar-refractivity contribution in [3.05, 3.63) is 29.3 Å². The molecule has 1 saturated heterocycles. The molecule has 0 spiro atoms. The van der Waals surface area contributed by atoms with Gasteiger partial charge >= 0.3 is 0 Å². The number of carbonyl (C=O) groups excluding carboxylic acids is 2. The molecule has 1 aromatic rings. The first-order valence-electron chi connectivity index (χ1n) is 10.2. The molecule has 0 atom stereocenters. The van der Waals surface area contributed by atoms with E-state index in [1.54, 1.807) is 0 Å². The van der Waals surface area contributed by atoms with Crippen LogP contribution >= 0.6 is 0 Å². The number of nitrogens with one attached hydrogen (secondary N) is 2. The minimum absolute atomic E-state index is 0.0244. The Morgan fingerprint density at radius 1 is 1.19 bits per heavy atom. The first kappa shape index (κ1) is 18.4. The molecule has 1 saturated carbocycles. The van der Waals surface area contributed by atoms with Crippen molar-refractivity contribution in [1.82, 2.24) is 10.2 Å². The smallest absolute Gasteiger partial charge is 0.228 e. The van der Waals surface area contributed by atoms with E-state index in [-0.39, 0.29) is 17.4 Å². The van der Waals surface area contributed by atoms with Crippen LogP contribution in [-0.4, -0.2) is 55.1 Å².